The Morgan fingerprint density at radius 1 is 0.820 bits per heavy atom. The van der Waals surface area contributed by atoms with E-state index >= 15 is 0 Å². The van der Waals surface area contributed by atoms with E-state index in [1.165, 1.54) is 29.8 Å². The summed E-state index contributed by atoms with van der Waals surface area (Å²) >= 11 is 6.24. The maximum atomic E-state index is 14.5. The van der Waals surface area contributed by atoms with Crippen molar-refractivity contribution in [1.29, 1.82) is 0 Å². The molecule has 2 amide bonds. The minimum Gasteiger partial charge on any atom is -0.368 e. The van der Waals surface area contributed by atoms with E-state index in [1.54, 1.807) is 4.90 Å². The first-order valence-corrected chi connectivity index (χ1v) is 17.6. The molecule has 0 aromatic heterocycles. The lowest BCUT2D eigenvalue weighted by molar-refractivity contribution is -0.144. The molecule has 0 aliphatic carbocycles. The zero-order valence-electron chi connectivity index (χ0n) is 28.3. The van der Waals surface area contributed by atoms with Gasteiger partial charge in [0.25, 0.3) is 0 Å². The van der Waals surface area contributed by atoms with E-state index in [-0.39, 0.29) is 12.5 Å². The van der Waals surface area contributed by atoms with E-state index in [1.807, 2.05) is 71.6 Å². The summed E-state index contributed by atoms with van der Waals surface area (Å²) in [5.41, 5.74) is 3.71. The molecule has 9 heteroatoms. The van der Waals surface area contributed by atoms with Crippen LogP contribution in [0.3, 0.4) is 0 Å². The molecule has 0 spiro atoms. The van der Waals surface area contributed by atoms with Crippen LogP contribution in [0, 0.1) is 0 Å². The Labute approximate surface area is 298 Å². The van der Waals surface area contributed by atoms with Crippen LogP contribution in [-0.2, 0) is 35.2 Å². The highest BCUT2D eigenvalue weighted by molar-refractivity contribution is 6.30. The second-order valence-electron chi connectivity index (χ2n) is 12.7. The Hall–Kier alpha value is -4.56. The van der Waals surface area contributed by atoms with Crippen molar-refractivity contribution in [3.05, 3.63) is 142 Å². The molecule has 262 valence electrons. The zero-order valence-corrected chi connectivity index (χ0v) is 29.0. The SMILES string of the molecule is CCCCCc1ccc(CN(C(=O)/C=C/c2ccc(C(F)(F)F)cc2)[C@@H](Cc2ccccc2)C(=O)N2CCN(c3cccc(Cl)c3)CC2)cc1. The summed E-state index contributed by atoms with van der Waals surface area (Å²) in [6.45, 7) is 4.56. The van der Waals surface area contributed by atoms with Gasteiger partial charge in [-0.1, -0.05) is 104 Å². The highest BCUT2D eigenvalue weighted by atomic mass is 35.5. The van der Waals surface area contributed by atoms with Crippen LogP contribution in [0.2, 0.25) is 5.02 Å². The maximum Gasteiger partial charge on any atom is 0.416 e. The molecule has 5 nitrogen and oxygen atoms in total. The number of hydrogen-bond donors (Lipinski definition) is 0. The van der Waals surface area contributed by atoms with Crippen LogP contribution in [0.5, 0.6) is 0 Å². The quantitative estimate of drug-likeness (QED) is 0.103. The Morgan fingerprint density at radius 3 is 2.14 bits per heavy atom. The lowest BCUT2D eigenvalue weighted by Gasteiger charge is -2.40. The molecule has 0 saturated carbocycles. The minimum absolute atomic E-state index is 0.146. The number of amides is 2. The summed E-state index contributed by atoms with van der Waals surface area (Å²) in [6, 6.07) is 29.3. The van der Waals surface area contributed by atoms with Crippen molar-refractivity contribution in [3.63, 3.8) is 0 Å². The molecular formula is C41H43ClF3N3O2. The number of rotatable bonds is 13. The number of carbonyl (C=O) groups excluding carboxylic acids is 2. The normalized spacial score (nSPS) is 14.2. The fraction of sp³-hybridized carbons (Fsp3) is 0.317. The van der Waals surface area contributed by atoms with Gasteiger partial charge in [-0.3, -0.25) is 9.59 Å². The van der Waals surface area contributed by atoms with Crippen molar-refractivity contribution in [1.82, 2.24) is 9.80 Å². The van der Waals surface area contributed by atoms with Crippen molar-refractivity contribution in [2.75, 3.05) is 31.1 Å². The topological polar surface area (TPSA) is 43.9 Å². The Bertz CT molecular complexity index is 1720. The van der Waals surface area contributed by atoms with Crippen molar-refractivity contribution < 1.29 is 22.8 Å². The van der Waals surface area contributed by atoms with Gasteiger partial charge in [0, 0.05) is 55.9 Å². The van der Waals surface area contributed by atoms with Gasteiger partial charge >= 0.3 is 6.18 Å². The van der Waals surface area contributed by atoms with Crippen LogP contribution < -0.4 is 4.90 Å². The number of hydrogen-bond acceptors (Lipinski definition) is 3. The summed E-state index contributed by atoms with van der Waals surface area (Å²) in [5, 5.41) is 0.649. The van der Waals surface area contributed by atoms with Gasteiger partial charge in [0.1, 0.15) is 6.04 Å². The molecule has 1 heterocycles. The fourth-order valence-corrected chi connectivity index (χ4v) is 6.40. The first-order chi connectivity index (χ1) is 24.1. The lowest BCUT2D eigenvalue weighted by atomic mass is 10.0. The third-order valence-electron chi connectivity index (χ3n) is 9.08. The molecule has 0 radical (unpaired) electrons. The van der Waals surface area contributed by atoms with Gasteiger partial charge in [-0.05, 0) is 71.5 Å². The number of anilines is 1. The first-order valence-electron chi connectivity index (χ1n) is 17.2. The smallest absolute Gasteiger partial charge is 0.368 e. The third kappa shape index (κ3) is 10.2. The number of piperazine rings is 1. The summed E-state index contributed by atoms with van der Waals surface area (Å²) in [7, 11) is 0. The fourth-order valence-electron chi connectivity index (χ4n) is 6.21. The van der Waals surface area contributed by atoms with Crippen molar-refractivity contribution in [3.8, 4) is 0 Å². The monoisotopic (exact) mass is 701 g/mol. The highest BCUT2D eigenvalue weighted by Crippen LogP contribution is 2.29. The van der Waals surface area contributed by atoms with Gasteiger partial charge < -0.3 is 14.7 Å². The average molecular weight is 702 g/mol. The van der Waals surface area contributed by atoms with E-state index in [4.69, 9.17) is 11.6 Å². The Balaban J connectivity index is 1.42. The Kier molecular flexibility index (Phi) is 12.8. The largest absolute Gasteiger partial charge is 0.416 e. The lowest BCUT2D eigenvalue weighted by Crippen LogP contribution is -2.56. The van der Waals surface area contributed by atoms with Crippen LogP contribution in [0.1, 0.15) is 54.0 Å². The first kappa shape index (κ1) is 36.7. The van der Waals surface area contributed by atoms with E-state index in [2.05, 4.69) is 24.0 Å². The van der Waals surface area contributed by atoms with Crippen LogP contribution in [0.25, 0.3) is 6.08 Å². The Morgan fingerprint density at radius 2 is 1.50 bits per heavy atom. The maximum absolute atomic E-state index is 14.5. The van der Waals surface area contributed by atoms with Gasteiger partial charge in [-0.15, -0.1) is 0 Å². The van der Waals surface area contributed by atoms with E-state index in [0.717, 1.165) is 54.6 Å². The number of aryl methyl sites for hydroxylation is 1. The molecule has 1 fully saturated rings. The predicted molar refractivity (Wildman–Crippen MR) is 195 cm³/mol. The van der Waals surface area contributed by atoms with Crippen molar-refractivity contribution in [2.24, 2.45) is 0 Å². The summed E-state index contributed by atoms with van der Waals surface area (Å²) in [4.78, 5) is 34.3. The second kappa shape index (κ2) is 17.4. The van der Waals surface area contributed by atoms with Crippen LogP contribution >= 0.6 is 11.6 Å². The second-order valence-corrected chi connectivity index (χ2v) is 13.1. The molecule has 0 N–H and O–H groups in total. The standard InChI is InChI=1S/C41H43ClF3N3O2/c1-2-3-5-9-31-14-16-34(17-15-31)30-48(39(49)23-20-32-18-21-35(22-19-32)41(43,44)45)38(28-33-10-6-4-7-11-33)40(50)47-26-24-46(25-27-47)37-13-8-12-36(42)29-37/h4,6-8,10-23,29,38H,2-3,5,9,24-28,30H2,1H3/b23-20+/t38-/m0/s1. The molecule has 0 unspecified atom stereocenters. The number of unbranched alkanes of at least 4 members (excludes halogenated alkanes) is 2. The molecule has 50 heavy (non-hydrogen) atoms. The van der Waals surface area contributed by atoms with E-state index < -0.39 is 23.7 Å². The molecule has 0 bridgehead atoms. The van der Waals surface area contributed by atoms with Crippen molar-refractivity contribution >= 4 is 35.2 Å². The summed E-state index contributed by atoms with van der Waals surface area (Å²) < 4.78 is 39.4. The number of benzene rings is 4. The van der Waals surface area contributed by atoms with Gasteiger partial charge in [0.15, 0.2) is 0 Å². The predicted octanol–water partition coefficient (Wildman–Crippen LogP) is 9.09. The molecule has 1 saturated heterocycles. The number of halogens is 4. The number of nitrogens with zero attached hydrogens (tertiary/aromatic N) is 3. The molecule has 1 atom stereocenters. The average Bonchev–Trinajstić information content (AvgIpc) is 3.13. The molecule has 1 aliphatic heterocycles. The van der Waals surface area contributed by atoms with E-state index in [0.29, 0.717) is 43.2 Å². The van der Waals surface area contributed by atoms with Crippen LogP contribution in [-0.4, -0.2) is 53.8 Å². The molecular weight excluding hydrogens is 659 g/mol. The van der Waals surface area contributed by atoms with Gasteiger partial charge in [0.2, 0.25) is 11.8 Å². The molecule has 1 aliphatic rings. The summed E-state index contributed by atoms with van der Waals surface area (Å²) in [5.74, 6) is -0.546. The number of carbonyl (C=O) groups is 2. The molecule has 5 rings (SSSR count). The van der Waals surface area contributed by atoms with Crippen LogP contribution in [0.4, 0.5) is 18.9 Å². The zero-order chi connectivity index (χ0) is 35.5. The van der Waals surface area contributed by atoms with E-state index in [9.17, 15) is 22.8 Å². The van der Waals surface area contributed by atoms with Crippen molar-refractivity contribution in [2.45, 2.75) is 57.8 Å². The third-order valence-corrected chi connectivity index (χ3v) is 9.32. The van der Waals surface area contributed by atoms with Gasteiger partial charge in [-0.2, -0.15) is 13.2 Å². The van der Waals surface area contributed by atoms with Gasteiger partial charge in [-0.25, -0.2) is 0 Å². The van der Waals surface area contributed by atoms with Gasteiger partial charge in [0.05, 0.1) is 5.56 Å². The minimum atomic E-state index is -4.45. The summed E-state index contributed by atoms with van der Waals surface area (Å²) in [6.07, 6.45) is 3.09. The molecule has 4 aromatic rings. The number of alkyl halides is 3. The van der Waals surface area contributed by atoms with Crippen LogP contribution in [0.15, 0.2) is 109 Å². The highest BCUT2D eigenvalue weighted by Gasteiger charge is 2.34. The molecule has 4 aromatic carbocycles.